The highest BCUT2D eigenvalue weighted by Crippen LogP contribution is 2.49. The van der Waals surface area contributed by atoms with E-state index in [0.717, 1.165) is 50.6 Å². The zero-order valence-electron chi connectivity index (χ0n) is 22.3. The van der Waals surface area contributed by atoms with E-state index in [4.69, 9.17) is 4.42 Å². The lowest BCUT2D eigenvalue weighted by Crippen LogP contribution is -2.30. The number of hydrogen-bond acceptors (Lipinski definition) is 1. The Morgan fingerprint density at radius 3 is 2.34 bits per heavy atom. The maximum absolute atomic E-state index is 15.9. The van der Waals surface area contributed by atoms with Crippen molar-refractivity contribution in [2.24, 2.45) is 18.9 Å². The molecule has 2 aromatic heterocycles. The molecule has 5 aromatic rings. The van der Waals surface area contributed by atoms with Gasteiger partial charge in [0.05, 0.1) is 11.1 Å². The van der Waals surface area contributed by atoms with Gasteiger partial charge >= 0.3 is 0 Å². The SMILES string of the molecule is Cc1ccc2c(oc3c(-c4ccccc4C4CCC5CCCCC5C4)c(F)ccc32)c1-c1cccc[n+]1C. The van der Waals surface area contributed by atoms with Crippen LogP contribution < -0.4 is 4.57 Å². The molecular formula is C35H35FNO+. The van der Waals surface area contributed by atoms with E-state index in [-0.39, 0.29) is 5.82 Å². The number of furan rings is 1. The number of hydrogen-bond donors (Lipinski definition) is 0. The lowest BCUT2D eigenvalue weighted by Gasteiger charge is -2.40. The van der Waals surface area contributed by atoms with E-state index in [1.165, 1.54) is 50.5 Å². The number of aromatic nitrogens is 1. The normalized spacial score (nSPS) is 21.6. The lowest BCUT2D eigenvalue weighted by molar-refractivity contribution is -0.660. The third-order valence-electron chi connectivity index (χ3n) is 9.49. The summed E-state index contributed by atoms with van der Waals surface area (Å²) in [6, 6.07) is 22.5. The van der Waals surface area contributed by atoms with Gasteiger partial charge in [-0.1, -0.05) is 62.1 Å². The Morgan fingerprint density at radius 1 is 0.763 bits per heavy atom. The van der Waals surface area contributed by atoms with Gasteiger partial charge in [0.1, 0.15) is 24.0 Å². The molecule has 7 rings (SSSR count). The topological polar surface area (TPSA) is 17.0 Å². The highest BCUT2D eigenvalue weighted by molar-refractivity contribution is 6.13. The predicted octanol–water partition coefficient (Wildman–Crippen LogP) is 9.27. The van der Waals surface area contributed by atoms with Gasteiger partial charge in [0.2, 0.25) is 5.69 Å². The first kappa shape index (κ1) is 23.6. The molecule has 38 heavy (non-hydrogen) atoms. The van der Waals surface area contributed by atoms with Gasteiger partial charge in [-0.2, -0.15) is 0 Å². The van der Waals surface area contributed by atoms with Crippen LogP contribution in [0, 0.1) is 24.6 Å². The molecular weight excluding hydrogens is 469 g/mol. The van der Waals surface area contributed by atoms with Crippen molar-refractivity contribution < 1.29 is 13.4 Å². The van der Waals surface area contributed by atoms with E-state index < -0.39 is 0 Å². The Morgan fingerprint density at radius 2 is 1.50 bits per heavy atom. The molecule has 3 atom stereocenters. The molecule has 0 spiro atoms. The van der Waals surface area contributed by atoms with E-state index in [9.17, 15) is 0 Å². The fourth-order valence-electron chi connectivity index (χ4n) is 7.57. The van der Waals surface area contributed by atoms with Gasteiger partial charge < -0.3 is 4.42 Å². The van der Waals surface area contributed by atoms with Crippen LogP contribution in [0.1, 0.15) is 62.0 Å². The van der Waals surface area contributed by atoms with Crippen LogP contribution in [0.5, 0.6) is 0 Å². The number of pyridine rings is 1. The summed E-state index contributed by atoms with van der Waals surface area (Å²) in [5.74, 6) is 1.98. The molecule has 2 saturated carbocycles. The summed E-state index contributed by atoms with van der Waals surface area (Å²) in [5, 5.41) is 2.01. The van der Waals surface area contributed by atoms with E-state index >= 15 is 4.39 Å². The van der Waals surface area contributed by atoms with Gasteiger partial charge in [-0.05, 0) is 78.8 Å². The van der Waals surface area contributed by atoms with Crippen molar-refractivity contribution in [3.05, 3.63) is 89.9 Å². The molecule has 0 bridgehead atoms. The molecule has 3 heteroatoms. The Labute approximate surface area is 224 Å². The molecule has 2 aliphatic carbocycles. The van der Waals surface area contributed by atoms with Crippen LogP contribution in [0.25, 0.3) is 44.3 Å². The first-order valence-electron chi connectivity index (χ1n) is 14.3. The number of benzene rings is 3. The minimum atomic E-state index is -0.209. The minimum Gasteiger partial charge on any atom is -0.454 e. The molecule has 2 nitrogen and oxygen atoms in total. The van der Waals surface area contributed by atoms with E-state index in [1.54, 1.807) is 6.07 Å². The molecule has 2 aliphatic rings. The summed E-state index contributed by atoms with van der Waals surface area (Å²) in [5.41, 5.74) is 7.68. The minimum absolute atomic E-state index is 0.209. The second kappa shape index (κ2) is 9.38. The van der Waals surface area contributed by atoms with Gasteiger partial charge in [0, 0.05) is 22.9 Å². The Bertz CT molecular complexity index is 1660. The molecule has 192 valence electrons. The van der Waals surface area contributed by atoms with Crippen molar-refractivity contribution in [2.45, 2.75) is 57.8 Å². The molecule has 2 fully saturated rings. The third kappa shape index (κ3) is 3.78. The fourth-order valence-corrected chi connectivity index (χ4v) is 7.57. The van der Waals surface area contributed by atoms with Crippen molar-refractivity contribution in [2.75, 3.05) is 0 Å². The Kier molecular flexibility index (Phi) is 5.83. The van der Waals surface area contributed by atoms with Crippen LogP contribution in [0.2, 0.25) is 0 Å². The molecule has 0 aliphatic heterocycles. The van der Waals surface area contributed by atoms with E-state index in [2.05, 4.69) is 67.2 Å². The average Bonchev–Trinajstić information content (AvgIpc) is 3.32. The van der Waals surface area contributed by atoms with Crippen molar-refractivity contribution in [1.82, 2.24) is 0 Å². The van der Waals surface area contributed by atoms with Gasteiger partial charge in [-0.25, -0.2) is 8.96 Å². The average molecular weight is 505 g/mol. The highest BCUT2D eigenvalue weighted by atomic mass is 19.1. The van der Waals surface area contributed by atoms with Crippen molar-refractivity contribution in [3.8, 4) is 22.4 Å². The van der Waals surface area contributed by atoms with Gasteiger partial charge in [-0.15, -0.1) is 0 Å². The van der Waals surface area contributed by atoms with Gasteiger partial charge in [0.25, 0.3) is 0 Å². The Balaban J connectivity index is 1.42. The zero-order valence-corrected chi connectivity index (χ0v) is 22.3. The number of nitrogens with zero attached hydrogens (tertiary/aromatic N) is 1. The van der Waals surface area contributed by atoms with Crippen molar-refractivity contribution >= 4 is 21.9 Å². The monoisotopic (exact) mass is 504 g/mol. The summed E-state index contributed by atoms with van der Waals surface area (Å²) in [4.78, 5) is 0. The summed E-state index contributed by atoms with van der Waals surface area (Å²) >= 11 is 0. The molecule has 0 saturated heterocycles. The third-order valence-corrected chi connectivity index (χ3v) is 9.49. The second-order valence-electron chi connectivity index (χ2n) is 11.6. The summed E-state index contributed by atoms with van der Waals surface area (Å²) in [7, 11) is 2.05. The largest absolute Gasteiger partial charge is 0.454 e. The molecule has 3 unspecified atom stereocenters. The number of aryl methyl sites for hydroxylation is 2. The summed E-state index contributed by atoms with van der Waals surface area (Å²) in [6.45, 7) is 2.12. The highest BCUT2D eigenvalue weighted by Gasteiger charge is 2.34. The summed E-state index contributed by atoms with van der Waals surface area (Å²) < 4.78 is 24.7. The van der Waals surface area contributed by atoms with Crippen LogP contribution in [0.3, 0.4) is 0 Å². The van der Waals surface area contributed by atoms with Crippen LogP contribution in [-0.4, -0.2) is 0 Å². The summed E-state index contributed by atoms with van der Waals surface area (Å²) in [6.07, 6.45) is 11.3. The quantitative estimate of drug-likeness (QED) is 0.224. The molecule has 2 heterocycles. The van der Waals surface area contributed by atoms with Crippen LogP contribution in [-0.2, 0) is 7.05 Å². The second-order valence-corrected chi connectivity index (χ2v) is 11.6. The molecule has 0 amide bonds. The van der Waals surface area contributed by atoms with Crippen molar-refractivity contribution in [3.63, 3.8) is 0 Å². The maximum atomic E-state index is 15.9. The predicted molar refractivity (Wildman–Crippen MR) is 153 cm³/mol. The molecule has 0 radical (unpaired) electrons. The van der Waals surface area contributed by atoms with Crippen LogP contribution in [0.4, 0.5) is 4.39 Å². The van der Waals surface area contributed by atoms with E-state index in [0.29, 0.717) is 17.1 Å². The fraction of sp³-hybridized carbons (Fsp3) is 0.343. The van der Waals surface area contributed by atoms with Gasteiger partial charge in [0.15, 0.2) is 6.20 Å². The van der Waals surface area contributed by atoms with Crippen LogP contribution >= 0.6 is 0 Å². The maximum Gasteiger partial charge on any atom is 0.216 e. The smallest absolute Gasteiger partial charge is 0.216 e. The van der Waals surface area contributed by atoms with E-state index in [1.807, 2.05) is 18.2 Å². The van der Waals surface area contributed by atoms with Crippen LogP contribution in [0.15, 0.2) is 77.3 Å². The molecule has 3 aromatic carbocycles. The number of fused-ring (bicyclic) bond motifs is 4. The standard InChI is InChI=1S/C35H35FNO/c1-22-14-17-28-29-18-19-30(36)33(35(29)38-34(28)32(22)31-13-7-8-20-37(31)2)27-12-6-5-11-26(27)25-16-15-23-9-3-4-10-24(23)21-25/h5-8,11-14,17-20,23-25H,3-4,9-10,15-16,21H2,1-2H3/q+1. The molecule has 0 N–H and O–H groups in total. The first-order chi connectivity index (χ1) is 18.6. The first-order valence-corrected chi connectivity index (χ1v) is 14.3. The van der Waals surface area contributed by atoms with Gasteiger partial charge in [-0.3, -0.25) is 0 Å². The zero-order chi connectivity index (χ0) is 25.8. The lowest BCUT2D eigenvalue weighted by atomic mass is 9.65. The number of halogens is 1. The van der Waals surface area contributed by atoms with Crippen molar-refractivity contribution in [1.29, 1.82) is 0 Å². The Hall–Kier alpha value is -3.46. The number of rotatable bonds is 3.